The maximum Gasteiger partial charge on any atom is 0.415 e. The van der Waals surface area contributed by atoms with E-state index in [1.54, 1.807) is 0 Å². The van der Waals surface area contributed by atoms with E-state index in [-0.39, 0.29) is 0 Å². The fourth-order valence-electron chi connectivity index (χ4n) is 1.39. The van der Waals surface area contributed by atoms with Gasteiger partial charge in [-0.2, -0.15) is 13.2 Å². The molecule has 1 saturated heterocycles. The van der Waals surface area contributed by atoms with Crippen LogP contribution in [0, 0.1) is 0 Å². The highest BCUT2D eigenvalue weighted by Gasteiger charge is 2.43. The molecule has 0 radical (unpaired) electrons. The van der Waals surface area contributed by atoms with Crippen molar-refractivity contribution in [1.29, 1.82) is 0 Å². The number of likely N-dealkylation sites (tertiary alicyclic amines) is 1. The lowest BCUT2D eigenvalue weighted by atomic mass is 10.0. The summed E-state index contributed by atoms with van der Waals surface area (Å²) in [5.41, 5.74) is 0. The van der Waals surface area contributed by atoms with Crippen LogP contribution in [0.3, 0.4) is 0 Å². The smallest absolute Gasteiger partial charge is 0.415 e. The van der Waals surface area contributed by atoms with Gasteiger partial charge in [-0.1, -0.05) is 0 Å². The summed E-state index contributed by atoms with van der Waals surface area (Å²) in [5, 5.41) is 8.77. The van der Waals surface area contributed by atoms with Gasteiger partial charge in [-0.3, -0.25) is 9.69 Å². The van der Waals surface area contributed by atoms with Gasteiger partial charge in [0.05, 0.1) is 7.11 Å². The number of halogens is 3. The molecule has 1 N–H and O–H groups in total. The standard InChI is InChI=1S/C8H12F3NO3/c1-15-7(14)5-2-3-12(5)4-6(13)8(9,10)11/h5-6,13H,2-4H2,1H3. The number of alkyl halides is 3. The second kappa shape index (κ2) is 4.36. The number of esters is 1. The number of ether oxygens (including phenoxy) is 1. The number of carbonyl (C=O) groups is 1. The van der Waals surface area contributed by atoms with Crippen molar-refractivity contribution in [2.75, 3.05) is 20.2 Å². The number of aliphatic hydroxyl groups excluding tert-OH is 1. The minimum absolute atomic E-state index is 0.368. The maximum atomic E-state index is 12.0. The Kier molecular flexibility index (Phi) is 3.56. The monoisotopic (exact) mass is 227 g/mol. The highest BCUT2D eigenvalue weighted by atomic mass is 19.4. The lowest BCUT2D eigenvalue weighted by Gasteiger charge is -2.39. The minimum Gasteiger partial charge on any atom is -0.468 e. The quantitative estimate of drug-likeness (QED) is 0.698. The van der Waals surface area contributed by atoms with Crippen LogP contribution in [0.4, 0.5) is 13.2 Å². The minimum atomic E-state index is -4.64. The van der Waals surface area contributed by atoms with Gasteiger partial charge in [0, 0.05) is 13.1 Å². The van der Waals surface area contributed by atoms with E-state index in [9.17, 15) is 18.0 Å². The van der Waals surface area contributed by atoms with Crippen molar-refractivity contribution < 1.29 is 27.8 Å². The molecule has 1 fully saturated rings. The van der Waals surface area contributed by atoms with Crippen molar-refractivity contribution in [3.63, 3.8) is 0 Å². The van der Waals surface area contributed by atoms with Gasteiger partial charge in [0.15, 0.2) is 6.10 Å². The normalized spacial score (nSPS) is 24.5. The van der Waals surface area contributed by atoms with Crippen LogP contribution in [0.15, 0.2) is 0 Å². The van der Waals surface area contributed by atoms with Crippen molar-refractivity contribution in [1.82, 2.24) is 4.90 Å². The van der Waals surface area contributed by atoms with E-state index < -0.39 is 30.8 Å². The van der Waals surface area contributed by atoms with E-state index in [2.05, 4.69) is 4.74 Å². The Morgan fingerprint density at radius 3 is 2.60 bits per heavy atom. The number of hydrogen-bond acceptors (Lipinski definition) is 4. The summed E-state index contributed by atoms with van der Waals surface area (Å²) in [6.45, 7) is -0.212. The highest BCUT2D eigenvalue weighted by Crippen LogP contribution is 2.25. The third kappa shape index (κ3) is 2.82. The average molecular weight is 227 g/mol. The Morgan fingerprint density at radius 1 is 1.67 bits per heavy atom. The molecule has 0 aliphatic carbocycles. The number of nitrogens with zero attached hydrogens (tertiary/aromatic N) is 1. The first kappa shape index (κ1) is 12.3. The number of methoxy groups -OCH3 is 1. The van der Waals surface area contributed by atoms with E-state index in [4.69, 9.17) is 5.11 Å². The van der Waals surface area contributed by atoms with Gasteiger partial charge in [-0.25, -0.2) is 0 Å². The summed E-state index contributed by atoms with van der Waals surface area (Å²) < 4.78 is 40.4. The lowest BCUT2D eigenvalue weighted by Crippen LogP contribution is -2.56. The molecular weight excluding hydrogens is 215 g/mol. The van der Waals surface area contributed by atoms with Gasteiger partial charge in [-0.15, -0.1) is 0 Å². The molecule has 0 bridgehead atoms. The molecule has 7 heteroatoms. The molecule has 1 rings (SSSR count). The lowest BCUT2D eigenvalue weighted by molar-refractivity contribution is -0.213. The number of rotatable bonds is 3. The van der Waals surface area contributed by atoms with Gasteiger partial charge < -0.3 is 9.84 Å². The third-order valence-electron chi connectivity index (χ3n) is 2.39. The Bertz CT molecular complexity index is 244. The first-order valence-electron chi connectivity index (χ1n) is 4.43. The largest absolute Gasteiger partial charge is 0.468 e. The van der Waals surface area contributed by atoms with Crippen molar-refractivity contribution in [2.24, 2.45) is 0 Å². The molecule has 0 aromatic rings. The number of carbonyl (C=O) groups excluding carboxylic acids is 1. The second-order valence-electron chi connectivity index (χ2n) is 3.38. The molecule has 2 atom stereocenters. The molecule has 0 aromatic heterocycles. The molecule has 15 heavy (non-hydrogen) atoms. The van der Waals surface area contributed by atoms with Crippen LogP contribution in [0.2, 0.25) is 0 Å². The average Bonchev–Trinajstić information content (AvgIpc) is 2.10. The van der Waals surface area contributed by atoms with Crippen LogP contribution < -0.4 is 0 Å². The van der Waals surface area contributed by atoms with Crippen LogP contribution >= 0.6 is 0 Å². The van der Waals surface area contributed by atoms with E-state index in [1.165, 1.54) is 12.0 Å². The predicted molar refractivity (Wildman–Crippen MR) is 44.1 cm³/mol. The predicted octanol–water partition coefficient (Wildman–Crippen LogP) is 0.157. The molecular formula is C8H12F3NO3. The first-order valence-corrected chi connectivity index (χ1v) is 4.43. The highest BCUT2D eigenvalue weighted by molar-refractivity contribution is 5.76. The van der Waals surface area contributed by atoms with Crippen molar-refractivity contribution >= 4 is 5.97 Å². The van der Waals surface area contributed by atoms with Gasteiger partial charge in [-0.05, 0) is 6.42 Å². The van der Waals surface area contributed by atoms with E-state index in [0.717, 1.165) is 0 Å². The Balaban J connectivity index is 2.43. The molecule has 4 nitrogen and oxygen atoms in total. The molecule has 1 aliphatic heterocycles. The van der Waals surface area contributed by atoms with E-state index in [0.29, 0.717) is 13.0 Å². The Morgan fingerprint density at radius 2 is 2.27 bits per heavy atom. The zero-order chi connectivity index (χ0) is 11.6. The molecule has 0 amide bonds. The van der Waals surface area contributed by atoms with Gasteiger partial charge >= 0.3 is 12.1 Å². The topological polar surface area (TPSA) is 49.8 Å². The number of hydrogen-bond donors (Lipinski definition) is 1. The number of β-amino-alcohol motifs (C(OH)–C–C–N with tert-alkyl or cyclic N) is 1. The van der Waals surface area contributed by atoms with E-state index >= 15 is 0 Å². The van der Waals surface area contributed by atoms with Crippen molar-refractivity contribution in [3.05, 3.63) is 0 Å². The molecule has 0 spiro atoms. The third-order valence-corrected chi connectivity index (χ3v) is 2.39. The Hall–Kier alpha value is -0.820. The second-order valence-corrected chi connectivity index (χ2v) is 3.38. The van der Waals surface area contributed by atoms with Crippen LogP contribution in [-0.2, 0) is 9.53 Å². The van der Waals surface area contributed by atoms with Crippen LogP contribution in [0.25, 0.3) is 0 Å². The molecule has 0 saturated carbocycles. The first-order chi connectivity index (χ1) is 6.86. The molecule has 0 aromatic carbocycles. The van der Waals surface area contributed by atoms with Gasteiger partial charge in [0.25, 0.3) is 0 Å². The summed E-state index contributed by atoms with van der Waals surface area (Å²) in [5.74, 6) is -0.560. The summed E-state index contributed by atoms with van der Waals surface area (Å²) in [7, 11) is 1.18. The fraction of sp³-hybridized carbons (Fsp3) is 0.875. The molecule has 88 valence electrons. The van der Waals surface area contributed by atoms with E-state index in [1.807, 2.05) is 0 Å². The SMILES string of the molecule is COC(=O)C1CCN1CC(O)C(F)(F)F. The Labute approximate surface area is 84.6 Å². The maximum absolute atomic E-state index is 12.0. The fourth-order valence-corrected chi connectivity index (χ4v) is 1.39. The summed E-state index contributed by atoms with van der Waals surface area (Å²) in [6.07, 6.45) is -6.59. The number of aliphatic hydroxyl groups is 1. The zero-order valence-corrected chi connectivity index (χ0v) is 8.12. The van der Waals surface area contributed by atoms with Crippen molar-refractivity contribution in [2.45, 2.75) is 24.7 Å². The van der Waals surface area contributed by atoms with Gasteiger partial charge in [0.2, 0.25) is 0 Å². The van der Waals surface area contributed by atoms with Crippen LogP contribution in [-0.4, -0.2) is 54.5 Å². The van der Waals surface area contributed by atoms with Gasteiger partial charge in [0.1, 0.15) is 6.04 Å². The zero-order valence-electron chi connectivity index (χ0n) is 8.12. The molecule has 1 aliphatic rings. The van der Waals surface area contributed by atoms with Crippen LogP contribution in [0.1, 0.15) is 6.42 Å². The summed E-state index contributed by atoms with van der Waals surface area (Å²) in [6, 6.07) is -0.646. The summed E-state index contributed by atoms with van der Waals surface area (Å²) in [4.78, 5) is 12.3. The molecule has 2 unspecified atom stereocenters. The molecule has 1 heterocycles. The summed E-state index contributed by atoms with van der Waals surface area (Å²) >= 11 is 0. The van der Waals surface area contributed by atoms with Crippen molar-refractivity contribution in [3.8, 4) is 0 Å². The van der Waals surface area contributed by atoms with Crippen LogP contribution in [0.5, 0.6) is 0 Å².